The highest BCUT2D eigenvalue weighted by Crippen LogP contribution is 2.27. The molecule has 0 aromatic carbocycles. The first kappa shape index (κ1) is 20.2. The van der Waals surface area contributed by atoms with E-state index in [1.54, 1.807) is 0 Å². The SMILES string of the molecule is N[C@@H](CC[C@@H]1CCC(=O)N1OS(=O)(=O)O)c1cc(CC2CCNCC2)on1. The van der Waals surface area contributed by atoms with E-state index in [0.29, 0.717) is 30.9 Å². The number of piperidine rings is 1. The fourth-order valence-electron chi connectivity index (χ4n) is 3.68. The molecular formula is C16H26N4O6S. The predicted molar refractivity (Wildman–Crippen MR) is 94.5 cm³/mol. The molecule has 2 aliphatic rings. The Labute approximate surface area is 158 Å². The number of nitrogens with zero attached hydrogens (tertiary/aromatic N) is 2. The van der Waals surface area contributed by atoms with Gasteiger partial charge in [0.05, 0.1) is 12.1 Å². The monoisotopic (exact) mass is 402 g/mol. The summed E-state index contributed by atoms with van der Waals surface area (Å²) in [6.45, 7) is 2.04. The third-order valence-corrected chi connectivity index (χ3v) is 5.51. The minimum absolute atomic E-state index is 0.166. The Balaban J connectivity index is 1.51. The molecule has 2 aliphatic heterocycles. The van der Waals surface area contributed by atoms with Crippen molar-refractivity contribution in [3.63, 3.8) is 0 Å². The standard InChI is InChI=1S/C16H26N4O6S/c17-14(3-1-12-2-4-16(21)20(12)26-27(22,23)24)15-10-13(25-19-15)9-11-5-7-18-8-6-11/h10-12,14,18H,1-9,17H2,(H,22,23,24)/t12-,14+/m1/s1. The van der Waals surface area contributed by atoms with E-state index in [1.165, 1.54) is 0 Å². The van der Waals surface area contributed by atoms with Crippen molar-refractivity contribution in [3.05, 3.63) is 17.5 Å². The number of amides is 1. The lowest BCUT2D eigenvalue weighted by molar-refractivity contribution is -0.157. The Morgan fingerprint density at radius 3 is 2.85 bits per heavy atom. The lowest BCUT2D eigenvalue weighted by Gasteiger charge is -2.22. The molecular weight excluding hydrogens is 376 g/mol. The Kier molecular flexibility index (Phi) is 6.48. The third-order valence-electron chi connectivity index (χ3n) is 5.16. The largest absolute Gasteiger partial charge is 0.418 e. The molecule has 0 saturated carbocycles. The average molecular weight is 402 g/mol. The highest BCUT2D eigenvalue weighted by atomic mass is 32.3. The van der Waals surface area contributed by atoms with Crippen molar-refractivity contribution >= 4 is 16.3 Å². The summed E-state index contributed by atoms with van der Waals surface area (Å²) >= 11 is 0. The Bertz CT molecular complexity index is 746. The molecule has 27 heavy (non-hydrogen) atoms. The van der Waals surface area contributed by atoms with E-state index < -0.39 is 22.3 Å². The number of rotatable bonds is 8. The summed E-state index contributed by atoms with van der Waals surface area (Å²) in [4.78, 5) is 11.7. The zero-order valence-electron chi connectivity index (χ0n) is 15.0. The van der Waals surface area contributed by atoms with Gasteiger partial charge in [-0.05, 0) is 51.1 Å². The number of hydrogen-bond donors (Lipinski definition) is 3. The minimum Gasteiger partial charge on any atom is -0.361 e. The van der Waals surface area contributed by atoms with Crippen LogP contribution in [0.4, 0.5) is 0 Å². The second kappa shape index (κ2) is 8.65. The van der Waals surface area contributed by atoms with Gasteiger partial charge in [0.25, 0.3) is 0 Å². The first-order valence-corrected chi connectivity index (χ1v) is 10.6. The number of carbonyl (C=O) groups excluding carboxylic acids is 1. The molecule has 152 valence electrons. The number of carbonyl (C=O) groups is 1. The molecule has 1 aromatic heterocycles. The second-order valence-electron chi connectivity index (χ2n) is 7.21. The van der Waals surface area contributed by atoms with Crippen LogP contribution < -0.4 is 11.1 Å². The quantitative estimate of drug-likeness (QED) is 0.535. The summed E-state index contributed by atoms with van der Waals surface area (Å²) in [5.74, 6) is 0.926. The highest BCUT2D eigenvalue weighted by molar-refractivity contribution is 7.80. The van der Waals surface area contributed by atoms with Crippen LogP contribution in [0, 0.1) is 5.92 Å². The number of nitrogens with one attached hydrogen (secondary N) is 1. The summed E-state index contributed by atoms with van der Waals surface area (Å²) in [6, 6.07) is 1.03. The van der Waals surface area contributed by atoms with Crippen LogP contribution in [0.15, 0.2) is 10.6 Å². The molecule has 3 heterocycles. The van der Waals surface area contributed by atoms with Crippen LogP contribution in [-0.2, 0) is 25.9 Å². The lowest BCUT2D eigenvalue weighted by Crippen LogP contribution is -2.35. The van der Waals surface area contributed by atoms with Crippen LogP contribution in [0.5, 0.6) is 0 Å². The fourth-order valence-corrected chi connectivity index (χ4v) is 4.08. The Morgan fingerprint density at radius 1 is 1.41 bits per heavy atom. The molecule has 0 aliphatic carbocycles. The van der Waals surface area contributed by atoms with E-state index in [-0.39, 0.29) is 12.5 Å². The molecule has 1 aromatic rings. The van der Waals surface area contributed by atoms with Crippen molar-refractivity contribution in [2.75, 3.05) is 13.1 Å². The van der Waals surface area contributed by atoms with Gasteiger partial charge in [0.2, 0.25) is 5.91 Å². The second-order valence-corrected chi connectivity index (χ2v) is 8.22. The van der Waals surface area contributed by atoms with Gasteiger partial charge in [-0.25, -0.2) is 0 Å². The third kappa shape index (κ3) is 5.72. The zero-order chi connectivity index (χ0) is 19.4. The van der Waals surface area contributed by atoms with Crippen molar-refractivity contribution in [1.29, 1.82) is 0 Å². The van der Waals surface area contributed by atoms with Gasteiger partial charge in [-0.3, -0.25) is 9.35 Å². The molecule has 0 unspecified atom stereocenters. The van der Waals surface area contributed by atoms with E-state index in [1.807, 2.05) is 6.07 Å². The molecule has 3 rings (SSSR count). The van der Waals surface area contributed by atoms with Crippen LogP contribution >= 0.6 is 0 Å². The van der Waals surface area contributed by atoms with Gasteiger partial charge in [-0.15, -0.1) is 4.28 Å². The predicted octanol–water partition coefficient (Wildman–Crippen LogP) is 0.722. The smallest absolute Gasteiger partial charge is 0.361 e. The van der Waals surface area contributed by atoms with Gasteiger partial charge >= 0.3 is 10.4 Å². The molecule has 11 heteroatoms. The van der Waals surface area contributed by atoms with Gasteiger partial charge in [0.1, 0.15) is 11.5 Å². The van der Waals surface area contributed by atoms with Crippen LogP contribution in [0.1, 0.15) is 56.0 Å². The maximum Gasteiger partial charge on any atom is 0.418 e. The van der Waals surface area contributed by atoms with Crippen molar-refractivity contribution in [1.82, 2.24) is 15.5 Å². The maximum absolute atomic E-state index is 11.7. The summed E-state index contributed by atoms with van der Waals surface area (Å²) in [5.41, 5.74) is 6.83. The van der Waals surface area contributed by atoms with Crippen molar-refractivity contribution in [2.24, 2.45) is 11.7 Å². The van der Waals surface area contributed by atoms with Gasteiger partial charge in [-0.2, -0.15) is 13.5 Å². The highest BCUT2D eigenvalue weighted by Gasteiger charge is 2.35. The van der Waals surface area contributed by atoms with Gasteiger partial charge in [0, 0.05) is 18.9 Å². The maximum atomic E-state index is 11.7. The summed E-state index contributed by atoms with van der Waals surface area (Å²) < 4.78 is 40.4. The van der Waals surface area contributed by atoms with Crippen LogP contribution in [0.25, 0.3) is 0 Å². The van der Waals surface area contributed by atoms with E-state index in [0.717, 1.165) is 43.2 Å². The molecule has 2 atom stereocenters. The molecule has 0 radical (unpaired) electrons. The summed E-state index contributed by atoms with van der Waals surface area (Å²) in [5, 5.41) is 8.12. The molecule has 0 spiro atoms. The number of hydroxylamine groups is 2. The lowest BCUT2D eigenvalue weighted by atomic mass is 9.93. The molecule has 1 amide bonds. The summed E-state index contributed by atoms with van der Waals surface area (Å²) in [6.07, 6.45) is 4.58. The molecule has 4 N–H and O–H groups in total. The van der Waals surface area contributed by atoms with Crippen LogP contribution in [0.2, 0.25) is 0 Å². The molecule has 0 bridgehead atoms. The molecule has 2 saturated heterocycles. The van der Waals surface area contributed by atoms with Crippen molar-refractivity contribution < 1.29 is 26.6 Å². The molecule has 2 fully saturated rings. The minimum atomic E-state index is -4.73. The van der Waals surface area contributed by atoms with E-state index >= 15 is 0 Å². The van der Waals surface area contributed by atoms with Gasteiger partial charge in [0.15, 0.2) is 0 Å². The first-order chi connectivity index (χ1) is 12.8. The first-order valence-electron chi connectivity index (χ1n) is 9.22. The van der Waals surface area contributed by atoms with E-state index in [4.69, 9.17) is 14.8 Å². The Hall–Kier alpha value is -1.53. The van der Waals surface area contributed by atoms with Crippen molar-refractivity contribution in [3.8, 4) is 0 Å². The fraction of sp³-hybridized carbons (Fsp3) is 0.750. The van der Waals surface area contributed by atoms with Gasteiger partial charge in [-0.1, -0.05) is 5.16 Å². The van der Waals surface area contributed by atoms with Gasteiger partial charge < -0.3 is 15.6 Å². The number of hydrogen-bond acceptors (Lipinski definition) is 8. The number of aromatic nitrogens is 1. The zero-order valence-corrected chi connectivity index (χ0v) is 15.9. The van der Waals surface area contributed by atoms with E-state index in [2.05, 4.69) is 14.8 Å². The Morgan fingerprint density at radius 2 is 2.15 bits per heavy atom. The molecule has 10 nitrogen and oxygen atoms in total. The van der Waals surface area contributed by atoms with Crippen LogP contribution in [0.3, 0.4) is 0 Å². The van der Waals surface area contributed by atoms with Crippen molar-refractivity contribution in [2.45, 2.75) is 57.0 Å². The normalized spacial score (nSPS) is 23.1. The van der Waals surface area contributed by atoms with Crippen LogP contribution in [-0.4, -0.2) is 48.2 Å². The number of nitrogens with two attached hydrogens (primary N) is 1. The summed E-state index contributed by atoms with van der Waals surface area (Å²) in [7, 11) is -4.73. The topological polar surface area (TPSA) is 148 Å². The van der Waals surface area contributed by atoms with E-state index in [9.17, 15) is 13.2 Å². The average Bonchev–Trinajstić information content (AvgIpc) is 3.21.